The topological polar surface area (TPSA) is 121 Å². The van der Waals surface area contributed by atoms with Gasteiger partial charge in [-0.1, -0.05) is 6.07 Å². The summed E-state index contributed by atoms with van der Waals surface area (Å²) in [5, 5.41) is 20.4. The largest absolute Gasteiger partial charge is 0.493 e. The molecule has 2 heterocycles. The summed E-state index contributed by atoms with van der Waals surface area (Å²) in [6.45, 7) is 5.82. The van der Waals surface area contributed by atoms with Crippen LogP contribution in [0.5, 0.6) is 11.5 Å². The summed E-state index contributed by atoms with van der Waals surface area (Å²) >= 11 is 0. The van der Waals surface area contributed by atoms with Gasteiger partial charge in [0.2, 0.25) is 5.91 Å². The summed E-state index contributed by atoms with van der Waals surface area (Å²) in [7, 11) is 3.17. The number of ether oxygens (including phenoxy) is 2. The van der Waals surface area contributed by atoms with Crippen molar-refractivity contribution >= 4 is 17.6 Å². The van der Waals surface area contributed by atoms with Gasteiger partial charge in [0.25, 0.3) is 0 Å². The van der Waals surface area contributed by atoms with Crippen LogP contribution in [0, 0.1) is 13.8 Å². The molecule has 164 valence electrons. The quantitative estimate of drug-likeness (QED) is 0.567. The van der Waals surface area contributed by atoms with Crippen LogP contribution in [0.3, 0.4) is 0 Å². The number of amides is 1. The molecule has 10 nitrogen and oxygen atoms in total. The number of aromatic carboxylic acids is 1. The monoisotopic (exact) mass is 427 g/mol. The summed E-state index contributed by atoms with van der Waals surface area (Å²) in [4.78, 5) is 23.7. The van der Waals surface area contributed by atoms with Crippen LogP contribution in [0.4, 0.5) is 5.69 Å². The number of anilines is 1. The Morgan fingerprint density at radius 3 is 2.45 bits per heavy atom. The number of methoxy groups -OCH3 is 2. The molecule has 0 aliphatic heterocycles. The minimum atomic E-state index is -1.14. The Kier molecular flexibility index (Phi) is 6.28. The number of nitrogens with zero attached hydrogens (tertiary/aromatic N) is 4. The van der Waals surface area contributed by atoms with Crippen molar-refractivity contribution in [2.75, 3.05) is 19.5 Å². The van der Waals surface area contributed by atoms with E-state index in [-0.39, 0.29) is 11.6 Å². The van der Waals surface area contributed by atoms with Crippen LogP contribution in [0.25, 0.3) is 0 Å². The van der Waals surface area contributed by atoms with E-state index in [1.54, 1.807) is 25.8 Å². The van der Waals surface area contributed by atoms with Crippen molar-refractivity contribution in [1.29, 1.82) is 0 Å². The molecule has 2 N–H and O–H groups in total. The lowest BCUT2D eigenvalue weighted by atomic mass is 10.2. The lowest BCUT2D eigenvalue weighted by Crippen LogP contribution is -2.25. The van der Waals surface area contributed by atoms with Gasteiger partial charge in [-0.3, -0.25) is 14.2 Å². The Bertz CT molecular complexity index is 1120. The molecule has 31 heavy (non-hydrogen) atoms. The first-order valence-corrected chi connectivity index (χ1v) is 9.59. The lowest BCUT2D eigenvalue weighted by molar-refractivity contribution is -0.119. The lowest BCUT2D eigenvalue weighted by Gasteiger charge is -2.13. The van der Waals surface area contributed by atoms with E-state index in [0.29, 0.717) is 29.4 Å². The molecule has 10 heteroatoms. The van der Waals surface area contributed by atoms with E-state index in [1.807, 2.05) is 32.0 Å². The van der Waals surface area contributed by atoms with E-state index >= 15 is 0 Å². The summed E-state index contributed by atoms with van der Waals surface area (Å²) < 4.78 is 13.7. The molecule has 0 aliphatic rings. The van der Waals surface area contributed by atoms with Crippen LogP contribution in [-0.2, 0) is 11.3 Å². The fourth-order valence-corrected chi connectivity index (χ4v) is 3.20. The van der Waals surface area contributed by atoms with Gasteiger partial charge in [0.15, 0.2) is 17.2 Å². The summed E-state index contributed by atoms with van der Waals surface area (Å²) in [5.41, 5.74) is 2.93. The maximum Gasteiger partial charge on any atom is 0.356 e. The van der Waals surface area contributed by atoms with Crippen molar-refractivity contribution in [3.05, 3.63) is 53.1 Å². The highest BCUT2D eigenvalue weighted by atomic mass is 16.5. The first-order chi connectivity index (χ1) is 14.7. The fourth-order valence-electron chi connectivity index (χ4n) is 3.20. The second-order valence-corrected chi connectivity index (χ2v) is 7.04. The molecule has 1 atom stereocenters. The third-order valence-corrected chi connectivity index (χ3v) is 5.01. The van der Waals surface area contributed by atoms with Gasteiger partial charge in [-0.15, -0.1) is 0 Å². The third-order valence-electron chi connectivity index (χ3n) is 5.01. The Morgan fingerprint density at radius 1 is 1.13 bits per heavy atom. The molecule has 0 spiro atoms. The van der Waals surface area contributed by atoms with Crippen molar-refractivity contribution in [2.24, 2.45) is 0 Å². The van der Waals surface area contributed by atoms with E-state index in [4.69, 9.17) is 14.6 Å². The highest BCUT2D eigenvalue weighted by molar-refractivity contribution is 5.94. The number of carboxylic acids is 1. The molecule has 3 aromatic rings. The zero-order chi connectivity index (χ0) is 22.7. The van der Waals surface area contributed by atoms with E-state index in [2.05, 4.69) is 15.5 Å². The van der Waals surface area contributed by atoms with E-state index in [9.17, 15) is 9.59 Å². The summed E-state index contributed by atoms with van der Waals surface area (Å²) in [5.74, 6) is -0.193. The van der Waals surface area contributed by atoms with Crippen LogP contribution < -0.4 is 14.8 Å². The number of carbonyl (C=O) groups excluding carboxylic acids is 1. The fraction of sp³-hybridized carbons (Fsp3) is 0.333. The number of aryl methyl sites for hydroxylation is 1. The Balaban J connectivity index is 1.78. The average Bonchev–Trinajstić information content (AvgIpc) is 3.34. The number of benzene rings is 1. The minimum absolute atomic E-state index is 0.116. The molecule has 0 aliphatic carbocycles. The molecule has 2 aromatic heterocycles. The van der Waals surface area contributed by atoms with Crippen LogP contribution >= 0.6 is 0 Å². The molecule has 0 fully saturated rings. The van der Waals surface area contributed by atoms with E-state index in [0.717, 1.165) is 11.3 Å². The molecule has 1 unspecified atom stereocenters. The maximum atomic E-state index is 12.7. The number of nitrogens with one attached hydrogen (secondary N) is 1. The van der Waals surface area contributed by atoms with Gasteiger partial charge < -0.3 is 19.9 Å². The van der Waals surface area contributed by atoms with Crippen LogP contribution in [0.1, 0.15) is 40.4 Å². The van der Waals surface area contributed by atoms with Crippen molar-refractivity contribution in [3.8, 4) is 11.5 Å². The molecule has 1 amide bonds. The number of carboxylic acid groups (broad SMARTS) is 1. The van der Waals surface area contributed by atoms with Crippen LogP contribution in [0.15, 0.2) is 30.5 Å². The minimum Gasteiger partial charge on any atom is -0.493 e. The second-order valence-electron chi connectivity index (χ2n) is 7.04. The smallest absolute Gasteiger partial charge is 0.356 e. The van der Waals surface area contributed by atoms with Gasteiger partial charge in [-0.05, 0) is 44.5 Å². The van der Waals surface area contributed by atoms with E-state index < -0.39 is 12.0 Å². The van der Waals surface area contributed by atoms with Crippen molar-refractivity contribution in [1.82, 2.24) is 19.6 Å². The van der Waals surface area contributed by atoms with Crippen LogP contribution in [0.2, 0.25) is 0 Å². The van der Waals surface area contributed by atoms with Crippen LogP contribution in [-0.4, -0.2) is 50.8 Å². The third kappa shape index (κ3) is 4.52. The molecule has 0 radical (unpaired) electrons. The number of aromatic nitrogens is 4. The Labute approximate surface area is 179 Å². The molecule has 0 bridgehead atoms. The predicted molar refractivity (Wildman–Crippen MR) is 113 cm³/mol. The summed E-state index contributed by atoms with van der Waals surface area (Å²) in [6.07, 6.45) is 1.47. The SMILES string of the molecule is COc1ccc(Cn2nc(C)c(NC(=O)C(C)n3ccc(C(=O)O)n3)c2C)cc1OC. The second kappa shape index (κ2) is 8.90. The molecular weight excluding hydrogens is 402 g/mol. The van der Waals surface area contributed by atoms with Crippen molar-refractivity contribution in [2.45, 2.75) is 33.4 Å². The maximum absolute atomic E-state index is 12.7. The Hall–Kier alpha value is -3.82. The van der Waals surface area contributed by atoms with Gasteiger partial charge in [0.1, 0.15) is 6.04 Å². The molecule has 3 rings (SSSR count). The molecule has 0 saturated heterocycles. The molecular formula is C21H25N5O5. The van der Waals surface area contributed by atoms with Gasteiger partial charge in [0.05, 0.1) is 37.8 Å². The highest BCUT2D eigenvalue weighted by Crippen LogP contribution is 2.29. The average molecular weight is 427 g/mol. The van der Waals surface area contributed by atoms with Crippen molar-refractivity contribution < 1.29 is 24.2 Å². The number of hydrogen-bond acceptors (Lipinski definition) is 6. The van der Waals surface area contributed by atoms with Gasteiger partial charge in [-0.25, -0.2) is 4.79 Å². The first kappa shape index (κ1) is 21.9. The normalized spacial score (nSPS) is 11.8. The Morgan fingerprint density at radius 2 is 1.84 bits per heavy atom. The standard InChI is InChI=1S/C21H25N5O5/c1-12-19(22-20(27)14(3)25-9-8-16(24-25)21(28)29)13(2)26(23-12)11-15-6-7-17(30-4)18(10-15)31-5/h6-10,14H,11H2,1-5H3,(H,22,27)(H,28,29). The number of carbonyl (C=O) groups is 2. The first-order valence-electron chi connectivity index (χ1n) is 9.59. The number of rotatable bonds is 8. The number of hydrogen-bond donors (Lipinski definition) is 2. The predicted octanol–water partition coefficient (Wildman–Crippen LogP) is 2.66. The molecule has 1 aromatic carbocycles. The molecule has 0 saturated carbocycles. The summed E-state index contributed by atoms with van der Waals surface area (Å²) in [6, 6.07) is 6.30. The van der Waals surface area contributed by atoms with Gasteiger partial charge in [-0.2, -0.15) is 10.2 Å². The highest BCUT2D eigenvalue weighted by Gasteiger charge is 2.21. The van der Waals surface area contributed by atoms with Crippen molar-refractivity contribution in [3.63, 3.8) is 0 Å². The van der Waals surface area contributed by atoms with E-state index in [1.165, 1.54) is 16.9 Å². The van der Waals surface area contributed by atoms with Gasteiger partial charge >= 0.3 is 5.97 Å². The zero-order valence-corrected chi connectivity index (χ0v) is 18.0. The zero-order valence-electron chi connectivity index (χ0n) is 18.0. The van der Waals surface area contributed by atoms with Gasteiger partial charge in [0, 0.05) is 6.20 Å².